The molecule has 9 heteroatoms. The highest BCUT2D eigenvalue weighted by molar-refractivity contribution is 9.10. The zero-order chi connectivity index (χ0) is 22.2. The van der Waals surface area contributed by atoms with Crippen molar-refractivity contribution in [2.75, 3.05) is 31.4 Å². The molecule has 0 unspecified atom stereocenters. The Kier molecular flexibility index (Phi) is 7.66. The largest absolute Gasteiger partial charge is 0.497 e. The Morgan fingerprint density at radius 1 is 1.06 bits per heavy atom. The van der Waals surface area contributed by atoms with Crippen LogP contribution in [0.1, 0.15) is 23.7 Å². The maximum absolute atomic E-state index is 12.5. The van der Waals surface area contributed by atoms with Gasteiger partial charge in [0.25, 0.3) is 5.91 Å². The van der Waals surface area contributed by atoms with Crippen LogP contribution in [0.5, 0.6) is 11.5 Å². The second-order valence-corrected chi connectivity index (χ2v) is 7.36. The number of hydrogen-bond acceptors (Lipinski definition) is 7. The van der Waals surface area contributed by atoms with Crippen molar-refractivity contribution < 1.29 is 14.3 Å². The first-order valence-electron chi connectivity index (χ1n) is 9.71. The highest BCUT2D eigenvalue weighted by Gasteiger charge is 2.14. The van der Waals surface area contributed by atoms with Crippen LogP contribution in [-0.2, 0) is 0 Å². The molecule has 0 aliphatic heterocycles. The van der Waals surface area contributed by atoms with E-state index in [4.69, 9.17) is 9.47 Å². The summed E-state index contributed by atoms with van der Waals surface area (Å²) >= 11 is 3.47. The summed E-state index contributed by atoms with van der Waals surface area (Å²) in [5, 5.41) is 9.27. The lowest BCUT2D eigenvalue weighted by molar-refractivity contribution is 0.0954. The van der Waals surface area contributed by atoms with Gasteiger partial charge in [-0.3, -0.25) is 4.79 Å². The molecule has 0 saturated carbocycles. The Bertz CT molecular complexity index is 1060. The van der Waals surface area contributed by atoms with Gasteiger partial charge in [0.15, 0.2) is 0 Å². The van der Waals surface area contributed by atoms with Gasteiger partial charge in [0.05, 0.1) is 35.6 Å². The molecule has 162 valence electrons. The van der Waals surface area contributed by atoms with Crippen molar-refractivity contribution >= 4 is 45.0 Å². The van der Waals surface area contributed by atoms with Crippen molar-refractivity contribution in [3.63, 3.8) is 0 Å². The Morgan fingerprint density at radius 3 is 2.61 bits per heavy atom. The average Bonchev–Trinajstić information content (AvgIpc) is 2.80. The Labute approximate surface area is 189 Å². The molecule has 1 amide bonds. The fraction of sp³-hybridized carbons (Fsp3) is 0.227. The van der Waals surface area contributed by atoms with Crippen molar-refractivity contribution in [1.29, 1.82) is 0 Å². The van der Waals surface area contributed by atoms with Crippen molar-refractivity contribution in [1.82, 2.24) is 15.3 Å². The minimum atomic E-state index is -0.144. The van der Waals surface area contributed by atoms with Crippen LogP contribution in [-0.4, -0.2) is 36.6 Å². The van der Waals surface area contributed by atoms with Gasteiger partial charge in [-0.05, 0) is 46.6 Å². The third kappa shape index (κ3) is 5.64. The number of amides is 1. The van der Waals surface area contributed by atoms with Gasteiger partial charge < -0.3 is 25.4 Å². The first-order chi connectivity index (χ1) is 15.0. The molecule has 8 nitrogen and oxygen atoms in total. The number of anilines is 4. The summed E-state index contributed by atoms with van der Waals surface area (Å²) < 4.78 is 11.3. The highest BCUT2D eigenvalue weighted by Crippen LogP contribution is 2.32. The first-order valence-corrected chi connectivity index (χ1v) is 10.5. The molecule has 0 spiro atoms. The molecule has 0 radical (unpaired) electrons. The maximum Gasteiger partial charge on any atom is 0.253 e. The number of ether oxygens (including phenoxy) is 2. The summed E-state index contributed by atoms with van der Waals surface area (Å²) in [6.45, 7) is 2.62. The molecule has 0 saturated heterocycles. The monoisotopic (exact) mass is 485 g/mol. The van der Waals surface area contributed by atoms with Crippen molar-refractivity contribution in [3.8, 4) is 11.5 Å². The van der Waals surface area contributed by atoms with Gasteiger partial charge in [0, 0.05) is 18.8 Å². The number of rotatable bonds is 9. The number of aromatic nitrogens is 2. The number of para-hydroxylation sites is 1. The van der Waals surface area contributed by atoms with Crippen molar-refractivity contribution in [2.24, 2.45) is 0 Å². The van der Waals surface area contributed by atoms with Gasteiger partial charge in [-0.1, -0.05) is 19.1 Å². The molecular formula is C22H24BrN5O3. The van der Waals surface area contributed by atoms with E-state index in [0.29, 0.717) is 51.2 Å². The van der Waals surface area contributed by atoms with Crippen molar-refractivity contribution in [2.45, 2.75) is 13.3 Å². The zero-order valence-electron chi connectivity index (χ0n) is 17.5. The lowest BCUT2D eigenvalue weighted by Crippen LogP contribution is -2.24. The average molecular weight is 486 g/mol. The van der Waals surface area contributed by atoms with Crippen LogP contribution in [0.15, 0.2) is 53.1 Å². The maximum atomic E-state index is 12.5. The molecule has 0 bridgehead atoms. The van der Waals surface area contributed by atoms with Crippen LogP contribution in [0, 0.1) is 0 Å². The minimum Gasteiger partial charge on any atom is -0.497 e. The van der Waals surface area contributed by atoms with E-state index in [9.17, 15) is 4.79 Å². The molecule has 0 aliphatic carbocycles. The van der Waals surface area contributed by atoms with E-state index in [0.717, 1.165) is 6.42 Å². The molecule has 0 fully saturated rings. The van der Waals surface area contributed by atoms with E-state index < -0.39 is 0 Å². The summed E-state index contributed by atoms with van der Waals surface area (Å²) in [6, 6.07) is 12.7. The molecule has 0 aliphatic rings. The SMILES string of the molecule is CCCNC(=O)c1ccccc1Nc1nc(Nc2cc(OC)ccc2OC)ncc1Br. The summed E-state index contributed by atoms with van der Waals surface area (Å²) in [5.41, 5.74) is 1.83. The van der Waals surface area contributed by atoms with Gasteiger partial charge in [-0.15, -0.1) is 0 Å². The normalized spacial score (nSPS) is 10.3. The van der Waals surface area contributed by atoms with Gasteiger partial charge in [0.2, 0.25) is 5.95 Å². The number of carbonyl (C=O) groups is 1. The molecule has 2 aromatic carbocycles. The number of benzene rings is 2. The summed E-state index contributed by atoms with van der Waals surface area (Å²) in [7, 11) is 3.18. The number of nitrogens with one attached hydrogen (secondary N) is 3. The van der Waals surface area contributed by atoms with Crippen LogP contribution in [0.2, 0.25) is 0 Å². The third-order valence-corrected chi connectivity index (χ3v) is 4.94. The van der Waals surface area contributed by atoms with E-state index in [2.05, 4.69) is 41.8 Å². The predicted molar refractivity (Wildman–Crippen MR) is 125 cm³/mol. The van der Waals surface area contributed by atoms with E-state index in [1.807, 2.05) is 25.1 Å². The second kappa shape index (κ2) is 10.6. The lowest BCUT2D eigenvalue weighted by Gasteiger charge is -2.15. The number of carbonyl (C=O) groups excluding carboxylic acids is 1. The molecule has 31 heavy (non-hydrogen) atoms. The van der Waals surface area contributed by atoms with Gasteiger partial charge in [-0.2, -0.15) is 4.98 Å². The minimum absolute atomic E-state index is 0.144. The van der Waals surface area contributed by atoms with E-state index in [1.54, 1.807) is 44.7 Å². The van der Waals surface area contributed by atoms with Gasteiger partial charge in [-0.25, -0.2) is 4.98 Å². The number of nitrogens with zero attached hydrogens (tertiary/aromatic N) is 2. The summed E-state index contributed by atoms with van der Waals surface area (Å²) in [5.74, 6) is 2.01. The lowest BCUT2D eigenvalue weighted by atomic mass is 10.1. The summed E-state index contributed by atoms with van der Waals surface area (Å²) in [6.07, 6.45) is 2.49. The van der Waals surface area contributed by atoms with Crippen LogP contribution in [0.3, 0.4) is 0 Å². The molecule has 1 heterocycles. The fourth-order valence-corrected chi connectivity index (χ4v) is 3.09. The zero-order valence-corrected chi connectivity index (χ0v) is 19.1. The Morgan fingerprint density at radius 2 is 1.87 bits per heavy atom. The molecular weight excluding hydrogens is 462 g/mol. The topological polar surface area (TPSA) is 97.4 Å². The molecule has 3 aromatic rings. The number of halogens is 1. The van der Waals surface area contributed by atoms with E-state index in [-0.39, 0.29) is 5.91 Å². The standard InChI is InChI=1S/C22H24BrN5O3/c1-4-11-24-21(29)15-7-5-6-8-17(15)26-20-16(23)13-25-22(28-20)27-18-12-14(30-2)9-10-19(18)31-3/h5-10,12-13H,4,11H2,1-3H3,(H,24,29)(H2,25,26,27,28). The van der Waals surface area contributed by atoms with Crippen LogP contribution in [0.4, 0.5) is 23.1 Å². The fourth-order valence-electron chi connectivity index (χ4n) is 2.80. The van der Waals surface area contributed by atoms with Gasteiger partial charge in [0.1, 0.15) is 17.3 Å². The third-order valence-electron chi connectivity index (χ3n) is 4.36. The second-order valence-electron chi connectivity index (χ2n) is 6.51. The molecule has 3 N–H and O–H groups in total. The highest BCUT2D eigenvalue weighted by atomic mass is 79.9. The molecule has 1 aromatic heterocycles. The Balaban J connectivity index is 1.87. The summed E-state index contributed by atoms with van der Waals surface area (Å²) in [4.78, 5) is 21.4. The van der Waals surface area contributed by atoms with Crippen LogP contribution < -0.4 is 25.4 Å². The quantitative estimate of drug-likeness (QED) is 0.397. The predicted octanol–water partition coefficient (Wildman–Crippen LogP) is 4.88. The van der Waals surface area contributed by atoms with Crippen LogP contribution in [0.25, 0.3) is 0 Å². The van der Waals surface area contributed by atoms with Crippen molar-refractivity contribution in [3.05, 3.63) is 58.7 Å². The molecule has 3 rings (SSSR count). The van der Waals surface area contributed by atoms with E-state index >= 15 is 0 Å². The smallest absolute Gasteiger partial charge is 0.253 e. The first kappa shape index (κ1) is 22.4. The number of methoxy groups -OCH3 is 2. The van der Waals surface area contributed by atoms with Crippen LogP contribution >= 0.6 is 15.9 Å². The van der Waals surface area contributed by atoms with Gasteiger partial charge >= 0.3 is 0 Å². The number of hydrogen-bond donors (Lipinski definition) is 3. The Hall–Kier alpha value is -3.33. The van der Waals surface area contributed by atoms with E-state index in [1.165, 1.54) is 0 Å². The molecule has 0 atom stereocenters.